The molecule has 0 nitrogen and oxygen atoms in total. The molecule has 0 amide bonds. The first kappa shape index (κ1) is 16.4. The van der Waals surface area contributed by atoms with Crippen LogP contribution in [0, 0.1) is 0 Å². The molecule has 2 rings (SSSR count). The fraction of sp³-hybridized carbons (Fsp3) is 0.286. The summed E-state index contributed by atoms with van der Waals surface area (Å²) in [6.45, 7) is 0. The number of allylic oxidation sites excluding steroid dienone is 4. The molecule has 0 heterocycles. The van der Waals surface area contributed by atoms with E-state index in [9.17, 15) is 0 Å². The van der Waals surface area contributed by atoms with Crippen LogP contribution in [0.5, 0.6) is 0 Å². The average Bonchev–Trinajstić information content (AvgIpc) is 2.66. The van der Waals surface area contributed by atoms with Gasteiger partial charge in [0.15, 0.2) is 0 Å². The Morgan fingerprint density at radius 2 is 1.71 bits per heavy atom. The van der Waals surface area contributed by atoms with Crippen molar-refractivity contribution in [3.8, 4) is 0 Å². The van der Waals surface area contributed by atoms with Crippen LogP contribution in [0.3, 0.4) is 0 Å². The van der Waals surface area contributed by atoms with Crippen molar-refractivity contribution >= 4 is 0 Å². The number of hydrogen-bond donors (Lipinski definition) is 0. The Morgan fingerprint density at radius 1 is 1.00 bits per heavy atom. The van der Waals surface area contributed by atoms with Crippen LogP contribution in [-0.2, 0) is 30.8 Å². The second kappa shape index (κ2) is 8.51. The van der Waals surface area contributed by atoms with E-state index < -0.39 is 0 Å². The van der Waals surface area contributed by atoms with Gasteiger partial charge in [0.25, 0.3) is 0 Å². The monoisotopic (exact) mass is 401 g/mol. The molecular formula is C14H15F2Hf. The van der Waals surface area contributed by atoms with Gasteiger partial charge in [-0.05, 0) is 0 Å². The van der Waals surface area contributed by atoms with Crippen molar-refractivity contribution in [2.75, 3.05) is 0 Å². The van der Waals surface area contributed by atoms with Crippen LogP contribution in [-0.4, -0.2) is 0 Å². The summed E-state index contributed by atoms with van der Waals surface area (Å²) in [6, 6.07) is 10.8. The quantitative estimate of drug-likeness (QED) is 0.503. The molecule has 0 aliphatic heterocycles. The first-order valence-corrected chi connectivity index (χ1v) is 7.30. The number of hydrogen-bond acceptors (Lipinski definition) is 0. The molecular weight excluding hydrogens is 385 g/mol. The zero-order valence-corrected chi connectivity index (χ0v) is 13.2. The van der Waals surface area contributed by atoms with Gasteiger partial charge in [-0.1, -0.05) is 0 Å². The second-order valence-corrected chi connectivity index (χ2v) is 6.12. The molecule has 3 heteroatoms. The fourth-order valence-corrected chi connectivity index (χ4v) is 3.08. The van der Waals surface area contributed by atoms with Gasteiger partial charge in [-0.3, -0.25) is 0 Å². The SMILES string of the molecule is [F-].[F-].[Hf+2][C]1=C(CCCc2ccccc2)C=CC1. The maximum absolute atomic E-state index is 2.33. The Hall–Kier alpha value is -0.570. The summed E-state index contributed by atoms with van der Waals surface area (Å²) in [5.74, 6) is 0. The van der Waals surface area contributed by atoms with Gasteiger partial charge >= 0.3 is 107 Å². The summed E-state index contributed by atoms with van der Waals surface area (Å²) in [5.41, 5.74) is 3.09. The molecule has 1 aliphatic carbocycles. The van der Waals surface area contributed by atoms with E-state index in [1.54, 1.807) is 8.90 Å². The van der Waals surface area contributed by atoms with Crippen LogP contribution < -0.4 is 9.41 Å². The molecule has 1 aromatic rings. The Bertz CT molecular complexity index is 382. The minimum absolute atomic E-state index is 0. The average molecular weight is 400 g/mol. The third-order valence-corrected chi connectivity index (χ3v) is 4.67. The van der Waals surface area contributed by atoms with Crippen LogP contribution in [0.15, 0.2) is 51.4 Å². The number of benzene rings is 1. The van der Waals surface area contributed by atoms with Crippen molar-refractivity contribution in [2.45, 2.75) is 25.7 Å². The molecule has 0 fully saturated rings. The van der Waals surface area contributed by atoms with E-state index in [0.717, 1.165) is 0 Å². The summed E-state index contributed by atoms with van der Waals surface area (Å²) < 4.78 is 1.70. The Labute approximate surface area is 116 Å². The number of aryl methyl sites for hydroxylation is 1. The van der Waals surface area contributed by atoms with E-state index >= 15 is 0 Å². The van der Waals surface area contributed by atoms with Crippen molar-refractivity contribution in [3.63, 3.8) is 0 Å². The van der Waals surface area contributed by atoms with E-state index in [2.05, 4.69) is 42.5 Å². The molecule has 0 spiro atoms. The molecule has 0 saturated carbocycles. The van der Waals surface area contributed by atoms with Crippen molar-refractivity contribution in [3.05, 3.63) is 57.0 Å². The Morgan fingerprint density at radius 3 is 2.29 bits per heavy atom. The second-order valence-electron chi connectivity index (χ2n) is 3.95. The molecule has 0 N–H and O–H groups in total. The molecule has 1 aliphatic rings. The molecule has 17 heavy (non-hydrogen) atoms. The van der Waals surface area contributed by atoms with Crippen LogP contribution >= 0.6 is 0 Å². The minimum atomic E-state index is 0. The number of halogens is 2. The fourth-order valence-electron chi connectivity index (χ4n) is 1.91. The van der Waals surface area contributed by atoms with E-state index in [4.69, 9.17) is 0 Å². The third-order valence-electron chi connectivity index (χ3n) is 2.78. The van der Waals surface area contributed by atoms with Crippen molar-refractivity contribution in [2.24, 2.45) is 0 Å². The third kappa shape index (κ3) is 5.07. The van der Waals surface area contributed by atoms with Crippen LogP contribution in [0.4, 0.5) is 0 Å². The number of rotatable bonds is 4. The zero-order valence-electron chi connectivity index (χ0n) is 9.63. The van der Waals surface area contributed by atoms with Gasteiger partial charge in [-0.2, -0.15) is 0 Å². The molecule has 1 aromatic carbocycles. The molecule has 0 aromatic heterocycles. The van der Waals surface area contributed by atoms with Gasteiger partial charge in [-0.25, -0.2) is 0 Å². The van der Waals surface area contributed by atoms with Crippen molar-refractivity contribution in [1.29, 1.82) is 0 Å². The Balaban J connectivity index is 0.00000128. The van der Waals surface area contributed by atoms with Crippen LogP contribution in [0.25, 0.3) is 0 Å². The zero-order chi connectivity index (χ0) is 10.5. The van der Waals surface area contributed by atoms with Gasteiger partial charge in [0.05, 0.1) is 0 Å². The van der Waals surface area contributed by atoms with Crippen LogP contribution in [0.1, 0.15) is 24.8 Å². The predicted octanol–water partition coefficient (Wildman–Crippen LogP) is -2.22. The predicted molar refractivity (Wildman–Crippen MR) is 60.2 cm³/mol. The first-order chi connectivity index (χ1) is 7.36. The molecule has 0 bridgehead atoms. The summed E-state index contributed by atoms with van der Waals surface area (Å²) in [6.07, 6.45) is 9.63. The summed E-state index contributed by atoms with van der Waals surface area (Å²) in [5, 5.41) is 0. The maximum atomic E-state index is 2.33. The van der Waals surface area contributed by atoms with E-state index in [1.165, 1.54) is 55.6 Å². The molecule has 0 unspecified atom stereocenters. The summed E-state index contributed by atoms with van der Waals surface area (Å²) >= 11 is 1.24. The van der Waals surface area contributed by atoms with E-state index in [1.807, 2.05) is 0 Å². The van der Waals surface area contributed by atoms with E-state index in [-0.39, 0.29) is 9.41 Å². The standard InChI is InChI=1S/C14H15.2FH.Hf/c1-2-7-13(8-3-1)11-6-12-14-9-4-5-10-14;;;/h1-4,7-9H,5-6,11-12H2;2*1H;/q;;;+2/p-2. The summed E-state index contributed by atoms with van der Waals surface area (Å²) in [4.78, 5) is 0. The van der Waals surface area contributed by atoms with Gasteiger partial charge < -0.3 is 9.41 Å². The van der Waals surface area contributed by atoms with Crippen molar-refractivity contribution in [1.82, 2.24) is 0 Å². The summed E-state index contributed by atoms with van der Waals surface area (Å²) in [7, 11) is 0. The molecule has 0 radical (unpaired) electrons. The van der Waals surface area contributed by atoms with E-state index in [0.29, 0.717) is 0 Å². The molecule has 89 valence electrons. The van der Waals surface area contributed by atoms with Gasteiger partial charge in [0, 0.05) is 0 Å². The topological polar surface area (TPSA) is 0 Å². The van der Waals surface area contributed by atoms with Gasteiger partial charge in [-0.15, -0.1) is 0 Å². The molecule has 0 atom stereocenters. The van der Waals surface area contributed by atoms with Gasteiger partial charge in [0.2, 0.25) is 0 Å². The van der Waals surface area contributed by atoms with Gasteiger partial charge in [0.1, 0.15) is 0 Å². The van der Waals surface area contributed by atoms with Crippen LogP contribution in [0.2, 0.25) is 0 Å². The first-order valence-electron chi connectivity index (χ1n) is 5.50. The Kier molecular flexibility index (Phi) is 8.23. The molecule has 0 saturated heterocycles. The van der Waals surface area contributed by atoms with Crippen molar-refractivity contribution < 1.29 is 33.8 Å². The normalized spacial score (nSPS) is 13.3.